The van der Waals surface area contributed by atoms with Gasteiger partial charge in [0.25, 0.3) is 0 Å². The number of hydrogen-bond donors (Lipinski definition) is 2. The Labute approximate surface area is 133 Å². The monoisotopic (exact) mass is 307 g/mol. The standard InChI is InChI=1S/C17H29N3O2/c1-13-15(12-20(2)19-13)8-9-17(22)18-16(10-11-21)14-6-4-3-5-7-14/h12,14,16,21H,3-11H2,1-2H3,(H,18,22). The number of aliphatic hydroxyl groups is 1. The van der Waals surface area contributed by atoms with Crippen molar-refractivity contribution in [3.8, 4) is 0 Å². The largest absolute Gasteiger partial charge is 0.396 e. The van der Waals surface area contributed by atoms with Crippen molar-refractivity contribution in [1.82, 2.24) is 15.1 Å². The Morgan fingerprint density at radius 3 is 2.77 bits per heavy atom. The molecule has 0 bridgehead atoms. The van der Waals surface area contributed by atoms with Crippen LogP contribution in [0.25, 0.3) is 0 Å². The first kappa shape index (κ1) is 17.0. The van der Waals surface area contributed by atoms with E-state index >= 15 is 0 Å². The molecule has 1 fully saturated rings. The fraction of sp³-hybridized carbons (Fsp3) is 0.765. The summed E-state index contributed by atoms with van der Waals surface area (Å²) in [5, 5.41) is 16.7. The minimum absolute atomic E-state index is 0.0901. The highest BCUT2D eigenvalue weighted by Gasteiger charge is 2.24. The molecule has 0 aliphatic heterocycles. The summed E-state index contributed by atoms with van der Waals surface area (Å²) in [6.07, 6.45) is 10.0. The van der Waals surface area contributed by atoms with Gasteiger partial charge in [0.2, 0.25) is 5.91 Å². The Morgan fingerprint density at radius 2 is 2.18 bits per heavy atom. The van der Waals surface area contributed by atoms with Crippen LogP contribution in [0.5, 0.6) is 0 Å². The molecule has 22 heavy (non-hydrogen) atoms. The number of rotatable bonds is 7. The van der Waals surface area contributed by atoms with Gasteiger partial charge in [-0.05, 0) is 44.1 Å². The highest BCUT2D eigenvalue weighted by molar-refractivity contribution is 5.76. The van der Waals surface area contributed by atoms with E-state index in [0.29, 0.717) is 18.8 Å². The van der Waals surface area contributed by atoms with Crippen molar-refractivity contribution in [2.24, 2.45) is 13.0 Å². The van der Waals surface area contributed by atoms with Crippen LogP contribution in [-0.2, 0) is 18.3 Å². The first-order valence-corrected chi connectivity index (χ1v) is 8.49. The Morgan fingerprint density at radius 1 is 1.45 bits per heavy atom. The van der Waals surface area contributed by atoms with Crippen molar-refractivity contribution >= 4 is 5.91 Å². The van der Waals surface area contributed by atoms with Gasteiger partial charge in [0.15, 0.2) is 0 Å². The summed E-state index contributed by atoms with van der Waals surface area (Å²) in [4.78, 5) is 12.2. The first-order valence-electron chi connectivity index (χ1n) is 8.49. The van der Waals surface area contributed by atoms with Crippen LogP contribution in [0.2, 0.25) is 0 Å². The SMILES string of the molecule is Cc1nn(C)cc1CCC(=O)NC(CCO)C1CCCCC1. The fourth-order valence-electron chi connectivity index (χ4n) is 3.52. The zero-order valence-electron chi connectivity index (χ0n) is 13.8. The molecule has 0 spiro atoms. The smallest absolute Gasteiger partial charge is 0.220 e. The third kappa shape index (κ3) is 4.83. The van der Waals surface area contributed by atoms with Crippen LogP contribution < -0.4 is 5.32 Å². The lowest BCUT2D eigenvalue weighted by Gasteiger charge is -2.30. The zero-order valence-corrected chi connectivity index (χ0v) is 13.8. The second-order valence-electron chi connectivity index (χ2n) is 6.50. The highest BCUT2D eigenvalue weighted by atomic mass is 16.3. The molecule has 124 valence electrons. The molecule has 1 aliphatic rings. The van der Waals surface area contributed by atoms with Crippen molar-refractivity contribution in [2.45, 2.75) is 64.3 Å². The van der Waals surface area contributed by atoms with Crippen molar-refractivity contribution in [3.05, 3.63) is 17.5 Å². The van der Waals surface area contributed by atoms with E-state index in [0.717, 1.165) is 17.7 Å². The molecule has 2 N–H and O–H groups in total. The highest BCUT2D eigenvalue weighted by Crippen LogP contribution is 2.27. The fourth-order valence-corrected chi connectivity index (χ4v) is 3.52. The molecule has 1 saturated carbocycles. The first-order chi connectivity index (χ1) is 10.6. The number of amides is 1. The summed E-state index contributed by atoms with van der Waals surface area (Å²) in [6, 6.07) is 0.132. The molecule has 1 heterocycles. The van der Waals surface area contributed by atoms with Gasteiger partial charge in [0.05, 0.1) is 5.69 Å². The molecule has 5 heteroatoms. The third-order valence-electron chi connectivity index (χ3n) is 4.74. The molecule has 5 nitrogen and oxygen atoms in total. The molecular weight excluding hydrogens is 278 g/mol. The molecule has 1 unspecified atom stereocenters. The molecule has 1 aromatic rings. The minimum atomic E-state index is 0.0901. The molecule has 1 amide bonds. The number of aromatic nitrogens is 2. The predicted octanol–water partition coefficient (Wildman–Crippen LogP) is 2.11. The van der Waals surface area contributed by atoms with Crippen LogP contribution in [0, 0.1) is 12.8 Å². The molecule has 1 aliphatic carbocycles. The van der Waals surface area contributed by atoms with E-state index < -0.39 is 0 Å². The summed E-state index contributed by atoms with van der Waals surface area (Å²) in [6.45, 7) is 2.12. The van der Waals surface area contributed by atoms with Gasteiger partial charge in [-0.2, -0.15) is 5.10 Å². The number of hydrogen-bond acceptors (Lipinski definition) is 3. The van der Waals surface area contributed by atoms with Gasteiger partial charge in [0.1, 0.15) is 0 Å². The van der Waals surface area contributed by atoms with E-state index in [1.165, 1.54) is 32.1 Å². The maximum absolute atomic E-state index is 12.2. The van der Waals surface area contributed by atoms with Crippen molar-refractivity contribution < 1.29 is 9.90 Å². The van der Waals surface area contributed by atoms with E-state index in [4.69, 9.17) is 0 Å². The molecular formula is C17H29N3O2. The molecule has 1 aromatic heterocycles. The molecule has 1 atom stereocenters. The number of aliphatic hydroxyl groups excluding tert-OH is 1. The Bertz CT molecular complexity index is 478. The second-order valence-corrected chi connectivity index (χ2v) is 6.50. The van der Waals surface area contributed by atoms with Gasteiger partial charge >= 0.3 is 0 Å². The van der Waals surface area contributed by atoms with Crippen molar-refractivity contribution in [2.75, 3.05) is 6.61 Å². The maximum atomic E-state index is 12.2. The lowest BCUT2D eigenvalue weighted by molar-refractivity contribution is -0.122. The number of aryl methyl sites for hydroxylation is 3. The topological polar surface area (TPSA) is 67.2 Å². The van der Waals surface area contributed by atoms with Gasteiger partial charge in [-0.15, -0.1) is 0 Å². The van der Waals surface area contributed by atoms with Crippen molar-refractivity contribution in [3.63, 3.8) is 0 Å². The van der Waals surface area contributed by atoms with Gasteiger partial charge in [-0.3, -0.25) is 9.48 Å². The van der Waals surface area contributed by atoms with E-state index in [9.17, 15) is 9.90 Å². The number of carbonyl (C=O) groups is 1. The molecule has 0 radical (unpaired) electrons. The average molecular weight is 307 g/mol. The lowest BCUT2D eigenvalue weighted by Crippen LogP contribution is -2.41. The van der Waals surface area contributed by atoms with Gasteiger partial charge < -0.3 is 10.4 Å². The van der Waals surface area contributed by atoms with E-state index in [2.05, 4.69) is 10.4 Å². The number of nitrogens with zero attached hydrogens (tertiary/aromatic N) is 2. The van der Waals surface area contributed by atoms with Gasteiger partial charge in [-0.25, -0.2) is 0 Å². The van der Waals surface area contributed by atoms with Gasteiger partial charge in [-0.1, -0.05) is 19.3 Å². The molecule has 0 aromatic carbocycles. The lowest BCUT2D eigenvalue weighted by atomic mass is 9.82. The van der Waals surface area contributed by atoms with Crippen LogP contribution in [0.3, 0.4) is 0 Å². The Balaban J connectivity index is 1.83. The average Bonchev–Trinajstić information content (AvgIpc) is 2.83. The Hall–Kier alpha value is -1.36. The minimum Gasteiger partial charge on any atom is -0.396 e. The number of carbonyl (C=O) groups excluding carboxylic acids is 1. The summed E-state index contributed by atoms with van der Waals surface area (Å²) in [5.41, 5.74) is 2.13. The summed E-state index contributed by atoms with van der Waals surface area (Å²) >= 11 is 0. The van der Waals surface area contributed by atoms with Crippen LogP contribution >= 0.6 is 0 Å². The normalized spacial score (nSPS) is 17.4. The van der Waals surface area contributed by atoms with Crippen LogP contribution in [-0.4, -0.2) is 33.4 Å². The summed E-state index contributed by atoms with van der Waals surface area (Å²) in [5.74, 6) is 0.622. The summed E-state index contributed by atoms with van der Waals surface area (Å²) in [7, 11) is 1.90. The molecule has 0 saturated heterocycles. The van der Waals surface area contributed by atoms with Crippen LogP contribution in [0.15, 0.2) is 6.20 Å². The van der Waals surface area contributed by atoms with E-state index in [1.807, 2.05) is 20.2 Å². The quantitative estimate of drug-likeness (QED) is 0.811. The van der Waals surface area contributed by atoms with Crippen molar-refractivity contribution in [1.29, 1.82) is 0 Å². The van der Waals surface area contributed by atoms with Crippen LogP contribution in [0.4, 0.5) is 0 Å². The second kappa shape index (κ2) is 8.32. The van der Waals surface area contributed by atoms with E-state index in [-0.39, 0.29) is 18.6 Å². The van der Waals surface area contributed by atoms with E-state index in [1.54, 1.807) is 4.68 Å². The van der Waals surface area contributed by atoms with Gasteiger partial charge in [0, 0.05) is 32.3 Å². The number of nitrogens with one attached hydrogen (secondary N) is 1. The Kier molecular flexibility index (Phi) is 6.43. The summed E-state index contributed by atoms with van der Waals surface area (Å²) < 4.78 is 1.79. The maximum Gasteiger partial charge on any atom is 0.220 e. The molecule has 2 rings (SSSR count). The van der Waals surface area contributed by atoms with Crippen LogP contribution in [0.1, 0.15) is 56.2 Å². The zero-order chi connectivity index (χ0) is 15.9. The third-order valence-corrected chi connectivity index (χ3v) is 4.74. The predicted molar refractivity (Wildman–Crippen MR) is 86.5 cm³/mol.